The predicted octanol–water partition coefficient (Wildman–Crippen LogP) is 8.21. The van der Waals surface area contributed by atoms with Crippen LogP contribution in [-0.4, -0.2) is 21.9 Å². The van der Waals surface area contributed by atoms with Crippen molar-refractivity contribution in [1.82, 2.24) is 9.38 Å². The first kappa shape index (κ1) is 23.6. The first-order valence-corrected chi connectivity index (χ1v) is 13.1. The van der Waals surface area contributed by atoms with Crippen LogP contribution in [0.25, 0.3) is 37.7 Å². The Morgan fingerprint density at radius 1 is 0.865 bits per heavy atom. The number of carbonyl (C=O) groups excluding carboxylic acids is 1. The highest BCUT2D eigenvalue weighted by molar-refractivity contribution is 7.23. The molecular formula is C29H19Cl2N3O2S. The van der Waals surface area contributed by atoms with Crippen LogP contribution >= 0.6 is 34.5 Å². The largest absolute Gasteiger partial charge is 0.484 e. The van der Waals surface area contributed by atoms with Gasteiger partial charge in [0.05, 0.1) is 32.3 Å². The molecule has 6 rings (SSSR count). The molecule has 0 radical (unpaired) electrons. The van der Waals surface area contributed by atoms with Crippen LogP contribution in [0.3, 0.4) is 0 Å². The molecule has 0 atom stereocenters. The number of halogens is 2. The Hall–Kier alpha value is -3.84. The molecule has 1 N–H and O–H groups in total. The summed E-state index contributed by atoms with van der Waals surface area (Å²) in [4.78, 5) is 18.3. The highest BCUT2D eigenvalue weighted by atomic mass is 35.5. The lowest BCUT2D eigenvalue weighted by Crippen LogP contribution is -2.20. The molecular weight excluding hydrogens is 525 g/mol. The Morgan fingerprint density at radius 2 is 1.57 bits per heavy atom. The number of carbonyl (C=O) groups is 1. The number of amides is 1. The normalized spacial score (nSPS) is 11.2. The summed E-state index contributed by atoms with van der Waals surface area (Å²) in [5.74, 6) is 0.298. The molecule has 182 valence electrons. The Balaban J connectivity index is 1.31. The Labute approximate surface area is 226 Å². The minimum Gasteiger partial charge on any atom is -0.484 e. The van der Waals surface area contributed by atoms with Gasteiger partial charge in [0, 0.05) is 16.1 Å². The lowest BCUT2D eigenvalue weighted by atomic mass is 10.0. The molecule has 0 unspecified atom stereocenters. The quantitative estimate of drug-likeness (QED) is 0.230. The van der Waals surface area contributed by atoms with Crippen LogP contribution in [0, 0.1) is 0 Å². The van der Waals surface area contributed by atoms with Gasteiger partial charge in [-0.15, -0.1) is 0 Å². The Kier molecular flexibility index (Phi) is 6.30. The van der Waals surface area contributed by atoms with Crippen LogP contribution in [0.2, 0.25) is 10.0 Å². The third kappa shape index (κ3) is 4.67. The van der Waals surface area contributed by atoms with Gasteiger partial charge in [0.2, 0.25) is 0 Å². The predicted molar refractivity (Wildman–Crippen MR) is 152 cm³/mol. The van der Waals surface area contributed by atoms with E-state index in [1.807, 2.05) is 72.8 Å². The number of para-hydroxylation sites is 2. The molecule has 1 amide bonds. The second-order valence-corrected chi connectivity index (χ2v) is 10.2. The van der Waals surface area contributed by atoms with Gasteiger partial charge in [0.1, 0.15) is 5.75 Å². The number of anilines is 1. The molecule has 0 aliphatic carbocycles. The number of hydrogen-bond donors (Lipinski definition) is 1. The molecule has 0 saturated heterocycles. The standard InChI is InChI=1S/C29H19Cl2N3O2S/c30-20-13-9-18(10-14-20)27-28(34-24-7-3-4-8-25(24)37-29(34)33-27)19-11-15-21(16-12-19)36-17-26(35)32-23-6-2-1-5-22(23)31/h1-16H,17H2,(H,32,35). The number of rotatable bonds is 6. The summed E-state index contributed by atoms with van der Waals surface area (Å²) in [7, 11) is 0. The van der Waals surface area contributed by atoms with Gasteiger partial charge in [-0.3, -0.25) is 9.20 Å². The fraction of sp³-hybridized carbons (Fsp3) is 0.0345. The number of fused-ring (bicyclic) bond motifs is 3. The fourth-order valence-electron chi connectivity index (χ4n) is 4.20. The number of aromatic nitrogens is 2. The SMILES string of the molecule is O=C(COc1ccc(-c2c(-c3ccc(Cl)cc3)nc3sc4ccccc4n23)cc1)Nc1ccccc1Cl. The molecule has 0 fully saturated rings. The van der Waals surface area contributed by atoms with Gasteiger partial charge in [-0.05, 0) is 60.7 Å². The maximum atomic E-state index is 12.3. The van der Waals surface area contributed by atoms with E-state index in [1.165, 1.54) is 4.70 Å². The van der Waals surface area contributed by atoms with E-state index in [-0.39, 0.29) is 12.5 Å². The number of nitrogens with zero attached hydrogens (tertiary/aromatic N) is 2. The smallest absolute Gasteiger partial charge is 0.262 e. The number of thiazole rings is 1. The van der Waals surface area contributed by atoms with Crippen molar-refractivity contribution in [3.63, 3.8) is 0 Å². The second-order valence-electron chi connectivity index (χ2n) is 8.34. The van der Waals surface area contributed by atoms with Gasteiger partial charge >= 0.3 is 0 Å². The van der Waals surface area contributed by atoms with Gasteiger partial charge in [0.15, 0.2) is 11.6 Å². The zero-order chi connectivity index (χ0) is 25.4. The van der Waals surface area contributed by atoms with E-state index in [2.05, 4.69) is 21.9 Å². The van der Waals surface area contributed by atoms with E-state index < -0.39 is 0 Å². The molecule has 2 aromatic heterocycles. The minimum absolute atomic E-state index is 0.132. The second kappa shape index (κ2) is 9.90. The third-order valence-corrected chi connectivity index (χ3v) is 7.52. The van der Waals surface area contributed by atoms with Crippen LogP contribution in [0.15, 0.2) is 97.1 Å². The first-order valence-electron chi connectivity index (χ1n) is 11.5. The van der Waals surface area contributed by atoms with Gasteiger partial charge in [-0.25, -0.2) is 4.98 Å². The molecule has 6 aromatic rings. The zero-order valence-corrected chi connectivity index (χ0v) is 21.6. The van der Waals surface area contributed by atoms with Crippen LogP contribution in [0.4, 0.5) is 5.69 Å². The summed E-state index contributed by atoms with van der Waals surface area (Å²) in [6.07, 6.45) is 0. The van der Waals surface area contributed by atoms with Gasteiger partial charge < -0.3 is 10.1 Å². The molecule has 0 aliphatic rings. The molecule has 0 aliphatic heterocycles. The average Bonchev–Trinajstić information content (AvgIpc) is 3.46. The summed E-state index contributed by atoms with van der Waals surface area (Å²) >= 11 is 13.9. The van der Waals surface area contributed by atoms with Gasteiger partial charge in [-0.2, -0.15) is 0 Å². The van der Waals surface area contributed by atoms with Crippen LogP contribution in [0.5, 0.6) is 5.75 Å². The number of ether oxygens (including phenoxy) is 1. The molecule has 0 spiro atoms. The molecule has 37 heavy (non-hydrogen) atoms. The van der Waals surface area contributed by atoms with E-state index in [0.29, 0.717) is 21.5 Å². The molecule has 4 aromatic carbocycles. The highest BCUT2D eigenvalue weighted by Crippen LogP contribution is 2.39. The fourth-order valence-corrected chi connectivity index (χ4v) is 5.53. The van der Waals surface area contributed by atoms with E-state index in [9.17, 15) is 4.79 Å². The van der Waals surface area contributed by atoms with Crippen molar-refractivity contribution in [2.24, 2.45) is 0 Å². The van der Waals surface area contributed by atoms with Crippen molar-refractivity contribution >= 4 is 61.3 Å². The maximum absolute atomic E-state index is 12.3. The summed E-state index contributed by atoms with van der Waals surface area (Å²) in [5.41, 5.74) is 5.47. The summed E-state index contributed by atoms with van der Waals surface area (Å²) < 4.78 is 9.09. The monoisotopic (exact) mass is 543 g/mol. The van der Waals surface area contributed by atoms with Gasteiger partial charge in [0.25, 0.3) is 5.91 Å². The van der Waals surface area contributed by atoms with Crippen LogP contribution < -0.4 is 10.1 Å². The van der Waals surface area contributed by atoms with Crippen LogP contribution in [-0.2, 0) is 4.79 Å². The molecule has 0 saturated carbocycles. The van der Waals surface area contributed by atoms with E-state index in [0.717, 1.165) is 33.0 Å². The van der Waals surface area contributed by atoms with Crippen molar-refractivity contribution in [3.8, 4) is 28.3 Å². The molecule has 2 heterocycles. The summed E-state index contributed by atoms with van der Waals surface area (Å²) in [6, 6.07) is 30.7. The Bertz CT molecular complexity index is 1740. The lowest BCUT2D eigenvalue weighted by Gasteiger charge is -2.10. The topological polar surface area (TPSA) is 55.6 Å². The van der Waals surface area contributed by atoms with Crippen molar-refractivity contribution < 1.29 is 9.53 Å². The first-order chi connectivity index (χ1) is 18.1. The van der Waals surface area contributed by atoms with Crippen LogP contribution in [0.1, 0.15) is 0 Å². The van der Waals surface area contributed by atoms with Crippen molar-refractivity contribution in [3.05, 3.63) is 107 Å². The maximum Gasteiger partial charge on any atom is 0.262 e. The van der Waals surface area contributed by atoms with Crippen molar-refractivity contribution in [1.29, 1.82) is 0 Å². The summed E-state index contributed by atoms with van der Waals surface area (Å²) in [6.45, 7) is -0.132. The average molecular weight is 544 g/mol. The third-order valence-electron chi connectivity index (χ3n) is 5.92. The minimum atomic E-state index is -0.288. The number of benzene rings is 4. The highest BCUT2D eigenvalue weighted by Gasteiger charge is 2.20. The van der Waals surface area contributed by atoms with E-state index in [4.69, 9.17) is 32.9 Å². The van der Waals surface area contributed by atoms with E-state index >= 15 is 0 Å². The molecule has 5 nitrogen and oxygen atoms in total. The van der Waals surface area contributed by atoms with E-state index in [1.54, 1.807) is 23.5 Å². The molecule has 8 heteroatoms. The summed E-state index contributed by atoms with van der Waals surface area (Å²) in [5, 5.41) is 3.92. The van der Waals surface area contributed by atoms with Crippen molar-refractivity contribution in [2.75, 3.05) is 11.9 Å². The number of imidazole rings is 1. The molecule has 0 bridgehead atoms. The lowest BCUT2D eigenvalue weighted by molar-refractivity contribution is -0.118. The van der Waals surface area contributed by atoms with Gasteiger partial charge in [-0.1, -0.05) is 70.9 Å². The number of hydrogen-bond acceptors (Lipinski definition) is 4. The van der Waals surface area contributed by atoms with Crippen molar-refractivity contribution in [2.45, 2.75) is 0 Å². The number of nitrogens with one attached hydrogen (secondary N) is 1. The zero-order valence-electron chi connectivity index (χ0n) is 19.3. The Morgan fingerprint density at radius 3 is 2.35 bits per heavy atom.